The summed E-state index contributed by atoms with van der Waals surface area (Å²) in [4.78, 5) is 12.3. The highest BCUT2D eigenvalue weighted by atomic mass is 35.5. The van der Waals surface area contributed by atoms with Crippen molar-refractivity contribution in [2.45, 2.75) is 20.5 Å². The molecule has 0 aliphatic carbocycles. The van der Waals surface area contributed by atoms with Gasteiger partial charge in [-0.2, -0.15) is 0 Å². The number of ether oxygens (including phenoxy) is 1. The Morgan fingerprint density at radius 3 is 2.21 bits per heavy atom. The number of rotatable bonds is 9. The van der Waals surface area contributed by atoms with Gasteiger partial charge in [-0.1, -0.05) is 54.1 Å². The van der Waals surface area contributed by atoms with Gasteiger partial charge in [0.05, 0.1) is 13.2 Å². The molecule has 6 nitrogen and oxygen atoms in total. The fourth-order valence-electron chi connectivity index (χ4n) is 2.28. The number of carbonyl (C=O) groups excluding carboxylic acids is 1. The van der Waals surface area contributed by atoms with E-state index < -0.39 is 13.7 Å². The highest BCUT2D eigenvalue weighted by Crippen LogP contribution is 2.55. The molecule has 0 spiro atoms. The Labute approximate surface area is 170 Å². The largest absolute Gasteiger partial charge is 0.444 e. The maximum absolute atomic E-state index is 13.2. The second-order valence-corrected chi connectivity index (χ2v) is 8.03. The van der Waals surface area contributed by atoms with Crippen molar-refractivity contribution >= 4 is 31.4 Å². The molecule has 0 aliphatic heterocycles. The van der Waals surface area contributed by atoms with Gasteiger partial charge in [-0.25, -0.2) is 4.79 Å². The van der Waals surface area contributed by atoms with Gasteiger partial charge in [-0.3, -0.25) is 9.88 Å². The second kappa shape index (κ2) is 11.0. The topological polar surface area (TPSA) is 73.9 Å². The lowest BCUT2D eigenvalue weighted by Gasteiger charge is -2.20. The standard InChI is InChI=1S/C20H23ClNO5P/c1-3-26-28(24,27-4-2)19(14-16-10-12-18(21)13-11-16)22-20(23)25-15-17-8-6-5-7-9-17/h5-14H,3-4,15H2,1-2H3,(H,22,23)/b19-14+. The maximum Gasteiger partial charge on any atom is 0.412 e. The van der Waals surface area contributed by atoms with Crippen molar-refractivity contribution in [1.82, 2.24) is 5.32 Å². The first-order chi connectivity index (χ1) is 13.5. The van der Waals surface area contributed by atoms with E-state index in [2.05, 4.69) is 5.32 Å². The zero-order valence-corrected chi connectivity index (χ0v) is 17.4. The minimum Gasteiger partial charge on any atom is -0.444 e. The number of hydrogen-bond donors (Lipinski definition) is 1. The van der Waals surface area contributed by atoms with E-state index >= 15 is 0 Å². The Morgan fingerprint density at radius 1 is 1.04 bits per heavy atom. The van der Waals surface area contributed by atoms with Crippen LogP contribution in [0.5, 0.6) is 0 Å². The van der Waals surface area contributed by atoms with Crippen LogP contribution in [-0.4, -0.2) is 19.3 Å². The molecule has 0 unspecified atom stereocenters. The molecular formula is C20H23ClNO5P. The fraction of sp³-hybridized carbons (Fsp3) is 0.250. The van der Waals surface area contributed by atoms with E-state index in [0.717, 1.165) is 5.56 Å². The van der Waals surface area contributed by atoms with E-state index in [1.807, 2.05) is 30.3 Å². The normalized spacial score (nSPS) is 11.9. The Kier molecular flexibility index (Phi) is 8.74. The summed E-state index contributed by atoms with van der Waals surface area (Å²) in [7, 11) is -3.74. The Balaban J connectivity index is 2.22. The van der Waals surface area contributed by atoms with Crippen molar-refractivity contribution in [3.05, 3.63) is 76.2 Å². The van der Waals surface area contributed by atoms with Gasteiger partial charge >= 0.3 is 13.7 Å². The third-order valence-corrected chi connectivity index (χ3v) is 5.79. The van der Waals surface area contributed by atoms with Crippen LogP contribution in [0.15, 0.2) is 60.0 Å². The molecule has 0 saturated carbocycles. The van der Waals surface area contributed by atoms with Crippen LogP contribution in [0.4, 0.5) is 4.79 Å². The van der Waals surface area contributed by atoms with E-state index in [4.69, 9.17) is 25.4 Å². The summed E-state index contributed by atoms with van der Waals surface area (Å²) in [5, 5.41) is 3.08. The molecule has 0 heterocycles. The minimum atomic E-state index is -3.74. The van der Waals surface area contributed by atoms with Gasteiger partial charge in [0.2, 0.25) is 0 Å². The summed E-state index contributed by atoms with van der Waals surface area (Å²) in [6.07, 6.45) is 0.760. The molecule has 1 amide bonds. The third kappa shape index (κ3) is 6.80. The second-order valence-electron chi connectivity index (χ2n) is 5.60. The van der Waals surface area contributed by atoms with Gasteiger partial charge in [-0.15, -0.1) is 0 Å². The lowest BCUT2D eigenvalue weighted by atomic mass is 10.2. The molecule has 0 fully saturated rings. The third-order valence-electron chi connectivity index (χ3n) is 3.51. The maximum atomic E-state index is 13.2. The van der Waals surface area contributed by atoms with Crippen molar-refractivity contribution in [1.29, 1.82) is 0 Å². The van der Waals surface area contributed by atoms with Crippen molar-refractivity contribution < 1.29 is 23.1 Å². The molecule has 0 radical (unpaired) electrons. The zero-order valence-electron chi connectivity index (χ0n) is 15.8. The van der Waals surface area contributed by atoms with Gasteiger partial charge in [0.1, 0.15) is 12.0 Å². The Bertz CT molecular complexity index is 829. The van der Waals surface area contributed by atoms with Crippen molar-refractivity contribution in [2.75, 3.05) is 13.2 Å². The summed E-state index contributed by atoms with van der Waals surface area (Å²) in [6.45, 7) is 3.76. The molecule has 2 aromatic rings. The van der Waals surface area contributed by atoms with Crippen molar-refractivity contribution in [3.63, 3.8) is 0 Å². The van der Waals surface area contributed by atoms with Gasteiger partial charge in [0, 0.05) is 5.02 Å². The van der Waals surface area contributed by atoms with E-state index in [-0.39, 0.29) is 25.3 Å². The van der Waals surface area contributed by atoms with E-state index in [1.54, 1.807) is 38.1 Å². The van der Waals surface area contributed by atoms with Gasteiger partial charge < -0.3 is 13.8 Å². The van der Waals surface area contributed by atoms with Gasteiger partial charge in [0.15, 0.2) is 0 Å². The molecule has 1 N–H and O–H groups in total. The average molecular weight is 424 g/mol. The molecule has 0 aromatic heterocycles. The van der Waals surface area contributed by atoms with Crippen LogP contribution in [0.25, 0.3) is 6.08 Å². The highest BCUT2D eigenvalue weighted by Gasteiger charge is 2.31. The van der Waals surface area contributed by atoms with Crippen LogP contribution in [-0.2, 0) is 25.0 Å². The number of halogens is 1. The molecule has 0 saturated heterocycles. The minimum absolute atomic E-state index is 0.00316. The predicted octanol–water partition coefficient (Wildman–Crippen LogP) is 5.83. The molecular weight excluding hydrogens is 401 g/mol. The molecule has 2 aromatic carbocycles. The molecule has 8 heteroatoms. The Morgan fingerprint density at radius 2 is 1.64 bits per heavy atom. The zero-order chi connectivity index (χ0) is 20.4. The van der Waals surface area contributed by atoms with Crippen LogP contribution in [0.2, 0.25) is 5.02 Å². The summed E-state index contributed by atoms with van der Waals surface area (Å²) in [5.41, 5.74) is 1.50. The Hall–Kier alpha value is -2.11. The van der Waals surface area contributed by atoms with Gasteiger partial charge in [0.25, 0.3) is 0 Å². The van der Waals surface area contributed by atoms with E-state index in [9.17, 15) is 9.36 Å². The number of alkyl carbamates (subject to hydrolysis) is 1. The van der Waals surface area contributed by atoms with E-state index in [0.29, 0.717) is 10.6 Å². The smallest absolute Gasteiger partial charge is 0.412 e. The summed E-state index contributed by atoms with van der Waals surface area (Å²) < 4.78 is 29.1. The fourth-order valence-corrected chi connectivity index (χ4v) is 3.97. The van der Waals surface area contributed by atoms with Crippen molar-refractivity contribution in [3.8, 4) is 0 Å². The molecule has 0 aliphatic rings. The summed E-state index contributed by atoms with van der Waals surface area (Å²) in [6, 6.07) is 16.1. The first-order valence-corrected chi connectivity index (χ1v) is 10.7. The first kappa shape index (κ1) is 22.2. The molecule has 28 heavy (non-hydrogen) atoms. The SMILES string of the molecule is CCOP(=O)(OCC)/C(=C/c1ccc(Cl)cc1)NC(=O)OCc1ccccc1. The molecule has 2 rings (SSSR count). The van der Waals surface area contributed by atoms with Crippen LogP contribution in [0, 0.1) is 0 Å². The highest BCUT2D eigenvalue weighted by molar-refractivity contribution is 7.58. The summed E-state index contributed by atoms with van der Waals surface area (Å²) in [5.74, 6) is 0. The number of benzene rings is 2. The monoisotopic (exact) mass is 423 g/mol. The van der Waals surface area contributed by atoms with Crippen LogP contribution in [0.1, 0.15) is 25.0 Å². The van der Waals surface area contributed by atoms with Crippen LogP contribution < -0.4 is 5.32 Å². The predicted molar refractivity (Wildman–Crippen MR) is 110 cm³/mol. The number of carbonyl (C=O) groups is 1. The number of nitrogens with one attached hydrogen (secondary N) is 1. The van der Waals surface area contributed by atoms with Gasteiger partial charge in [-0.05, 0) is 43.2 Å². The molecule has 150 valence electrons. The number of hydrogen-bond acceptors (Lipinski definition) is 5. The van der Waals surface area contributed by atoms with Crippen molar-refractivity contribution in [2.24, 2.45) is 0 Å². The van der Waals surface area contributed by atoms with Crippen LogP contribution >= 0.6 is 19.2 Å². The van der Waals surface area contributed by atoms with E-state index in [1.165, 1.54) is 6.08 Å². The first-order valence-electron chi connectivity index (χ1n) is 8.81. The molecule has 0 bridgehead atoms. The average Bonchev–Trinajstić information content (AvgIpc) is 2.69. The lowest BCUT2D eigenvalue weighted by molar-refractivity contribution is 0.142. The quantitative estimate of drug-likeness (QED) is 0.513. The lowest BCUT2D eigenvalue weighted by Crippen LogP contribution is -2.24. The summed E-state index contributed by atoms with van der Waals surface area (Å²) >= 11 is 5.91. The van der Waals surface area contributed by atoms with Crippen LogP contribution in [0.3, 0.4) is 0 Å². The molecule has 0 atom stereocenters. The number of amides is 1.